The number of fused-ring (bicyclic) bond motifs is 3. The predicted molar refractivity (Wildman–Crippen MR) is 117 cm³/mol. The summed E-state index contributed by atoms with van der Waals surface area (Å²) in [4.78, 5) is 31.9. The van der Waals surface area contributed by atoms with Crippen molar-refractivity contribution in [2.75, 3.05) is 4.90 Å². The van der Waals surface area contributed by atoms with Gasteiger partial charge in [-0.25, -0.2) is 14.6 Å². The fourth-order valence-corrected chi connectivity index (χ4v) is 4.08. The maximum atomic E-state index is 13.3. The van der Waals surface area contributed by atoms with E-state index < -0.39 is 0 Å². The van der Waals surface area contributed by atoms with Crippen LogP contribution in [0.2, 0.25) is 0 Å². The van der Waals surface area contributed by atoms with E-state index in [1.807, 2.05) is 31.2 Å². The van der Waals surface area contributed by atoms with E-state index in [2.05, 4.69) is 41.9 Å². The first kappa shape index (κ1) is 18.2. The molecule has 2 aromatic carbocycles. The molecule has 0 atom stereocenters. The van der Waals surface area contributed by atoms with Crippen LogP contribution in [0, 0.1) is 6.92 Å². The summed E-state index contributed by atoms with van der Waals surface area (Å²) < 4.78 is 3.51. The second-order valence-electron chi connectivity index (χ2n) is 6.64. The number of benzene rings is 2. The molecule has 0 aliphatic carbocycles. The largest absolute Gasteiger partial charge is 0.268 e. The molecule has 0 spiro atoms. The average molecular weight is 512 g/mol. The quantitative estimate of drug-likeness (QED) is 0.353. The van der Waals surface area contributed by atoms with Crippen LogP contribution in [-0.4, -0.2) is 26.6 Å². The lowest BCUT2D eigenvalue weighted by atomic mass is 10.1. The zero-order valence-corrected chi connectivity index (χ0v) is 18.2. The monoisotopic (exact) mass is 510 g/mol. The smallest absolute Gasteiger partial charge is 0.267 e. The van der Waals surface area contributed by atoms with Gasteiger partial charge in [0.05, 0.1) is 33.6 Å². The Morgan fingerprint density at radius 3 is 2.03 bits per heavy atom. The summed E-state index contributed by atoms with van der Waals surface area (Å²) in [5.41, 5.74) is 3.17. The number of aryl methyl sites for hydroxylation is 1. The van der Waals surface area contributed by atoms with Crippen LogP contribution >= 0.6 is 31.9 Å². The van der Waals surface area contributed by atoms with Crippen molar-refractivity contribution in [2.24, 2.45) is 0 Å². The van der Waals surface area contributed by atoms with Gasteiger partial charge >= 0.3 is 0 Å². The molecule has 142 valence electrons. The van der Waals surface area contributed by atoms with E-state index in [0.717, 1.165) is 14.6 Å². The minimum Gasteiger partial charge on any atom is -0.268 e. The molecule has 2 amide bonds. The highest BCUT2D eigenvalue weighted by Crippen LogP contribution is 2.35. The third-order valence-electron chi connectivity index (χ3n) is 4.88. The third-order valence-corrected chi connectivity index (χ3v) is 5.94. The topological polar surface area (TPSA) is 68.1 Å². The van der Waals surface area contributed by atoms with E-state index in [1.54, 1.807) is 28.9 Å². The molecule has 4 aromatic rings. The molecular weight excluding hydrogens is 500 g/mol. The Morgan fingerprint density at radius 2 is 1.41 bits per heavy atom. The number of carbonyl (C=O) groups excluding carboxylic acids is 2. The van der Waals surface area contributed by atoms with Gasteiger partial charge in [0.15, 0.2) is 5.65 Å². The number of halogens is 2. The van der Waals surface area contributed by atoms with E-state index in [0.29, 0.717) is 33.5 Å². The molecule has 0 bridgehead atoms. The highest BCUT2D eigenvalue weighted by atomic mass is 79.9. The van der Waals surface area contributed by atoms with Crippen LogP contribution in [0.15, 0.2) is 63.7 Å². The molecule has 0 fully saturated rings. The van der Waals surface area contributed by atoms with Crippen LogP contribution in [0.5, 0.6) is 0 Å². The molecule has 6 nitrogen and oxygen atoms in total. The van der Waals surface area contributed by atoms with Crippen molar-refractivity contribution in [1.82, 2.24) is 14.8 Å². The first-order valence-corrected chi connectivity index (χ1v) is 10.3. The summed E-state index contributed by atoms with van der Waals surface area (Å²) in [7, 11) is 0. The van der Waals surface area contributed by atoms with E-state index in [-0.39, 0.29) is 11.8 Å². The van der Waals surface area contributed by atoms with Crippen molar-refractivity contribution in [3.8, 4) is 5.69 Å². The van der Waals surface area contributed by atoms with Gasteiger partial charge in [-0.1, -0.05) is 31.9 Å². The van der Waals surface area contributed by atoms with Gasteiger partial charge in [-0.3, -0.25) is 9.59 Å². The lowest BCUT2D eigenvalue weighted by Crippen LogP contribution is -2.29. The fraction of sp³-hybridized carbons (Fsp3) is 0.0476. The highest BCUT2D eigenvalue weighted by molar-refractivity contribution is 9.10. The number of hydrogen-bond acceptors (Lipinski definition) is 4. The van der Waals surface area contributed by atoms with Crippen molar-refractivity contribution < 1.29 is 9.59 Å². The van der Waals surface area contributed by atoms with Crippen molar-refractivity contribution in [3.05, 3.63) is 80.5 Å². The van der Waals surface area contributed by atoms with Gasteiger partial charge in [0.2, 0.25) is 0 Å². The summed E-state index contributed by atoms with van der Waals surface area (Å²) >= 11 is 6.80. The first-order chi connectivity index (χ1) is 14.0. The molecule has 0 unspecified atom stereocenters. The van der Waals surface area contributed by atoms with Gasteiger partial charge < -0.3 is 0 Å². The van der Waals surface area contributed by atoms with Gasteiger partial charge in [0.25, 0.3) is 11.8 Å². The van der Waals surface area contributed by atoms with Gasteiger partial charge in [0, 0.05) is 15.1 Å². The Labute approximate surface area is 182 Å². The number of anilines is 1. The van der Waals surface area contributed by atoms with Gasteiger partial charge in [-0.05, 0) is 55.5 Å². The number of nitrogens with zero attached hydrogens (tertiary/aromatic N) is 4. The summed E-state index contributed by atoms with van der Waals surface area (Å²) in [5.74, 6) is -0.740. The van der Waals surface area contributed by atoms with Crippen LogP contribution in [0.4, 0.5) is 5.69 Å². The van der Waals surface area contributed by atoms with Crippen LogP contribution in [0.1, 0.15) is 26.4 Å². The third kappa shape index (κ3) is 2.74. The molecule has 3 heterocycles. The Balaban J connectivity index is 1.70. The van der Waals surface area contributed by atoms with Crippen molar-refractivity contribution in [3.63, 3.8) is 0 Å². The van der Waals surface area contributed by atoms with Crippen molar-refractivity contribution in [1.29, 1.82) is 0 Å². The molecule has 29 heavy (non-hydrogen) atoms. The van der Waals surface area contributed by atoms with Gasteiger partial charge in [-0.2, -0.15) is 5.10 Å². The minimum atomic E-state index is -0.377. The maximum Gasteiger partial charge on any atom is 0.267 e. The molecule has 2 aromatic heterocycles. The predicted octanol–water partition coefficient (Wildman–Crippen LogP) is 5.05. The molecule has 1 aliphatic heterocycles. The molecule has 0 saturated heterocycles. The van der Waals surface area contributed by atoms with E-state index in [9.17, 15) is 9.59 Å². The lowest BCUT2D eigenvalue weighted by Gasteiger charge is -2.13. The van der Waals surface area contributed by atoms with Crippen molar-refractivity contribution >= 4 is 60.4 Å². The SMILES string of the molecule is Cc1nn(-c2ccc(Br)cc2)c2ncc3c(c12)C(=O)N(c1ccc(Br)cc1)C3=O. The first-order valence-electron chi connectivity index (χ1n) is 8.74. The van der Waals surface area contributed by atoms with Gasteiger partial charge in [0.1, 0.15) is 0 Å². The van der Waals surface area contributed by atoms with Crippen LogP contribution in [0.25, 0.3) is 16.7 Å². The van der Waals surface area contributed by atoms with Crippen LogP contribution in [-0.2, 0) is 0 Å². The fourth-order valence-electron chi connectivity index (χ4n) is 3.55. The van der Waals surface area contributed by atoms with E-state index >= 15 is 0 Å². The second-order valence-corrected chi connectivity index (χ2v) is 8.47. The minimum absolute atomic E-state index is 0.295. The number of hydrogen-bond donors (Lipinski definition) is 0. The molecular formula is C21H12Br2N4O2. The molecule has 1 aliphatic rings. The van der Waals surface area contributed by atoms with Gasteiger partial charge in [-0.15, -0.1) is 0 Å². The number of aromatic nitrogens is 3. The number of rotatable bonds is 2. The molecule has 8 heteroatoms. The summed E-state index contributed by atoms with van der Waals surface area (Å²) in [5, 5.41) is 5.19. The van der Waals surface area contributed by atoms with Crippen molar-refractivity contribution in [2.45, 2.75) is 6.92 Å². The molecule has 0 N–H and O–H groups in total. The molecule has 0 saturated carbocycles. The normalized spacial score (nSPS) is 13.4. The van der Waals surface area contributed by atoms with Crippen LogP contribution < -0.4 is 4.90 Å². The Kier molecular flexibility index (Phi) is 4.15. The highest BCUT2D eigenvalue weighted by Gasteiger charge is 2.40. The zero-order chi connectivity index (χ0) is 20.3. The summed E-state index contributed by atoms with van der Waals surface area (Å²) in [6.45, 7) is 1.82. The second kappa shape index (κ2) is 6.60. The van der Waals surface area contributed by atoms with Crippen LogP contribution in [0.3, 0.4) is 0 Å². The number of pyridine rings is 1. The summed E-state index contributed by atoms with van der Waals surface area (Å²) in [6.07, 6.45) is 1.47. The number of imide groups is 1. The average Bonchev–Trinajstić information content (AvgIpc) is 3.18. The molecule has 0 radical (unpaired) electrons. The Bertz CT molecular complexity index is 1310. The summed E-state index contributed by atoms with van der Waals surface area (Å²) in [6, 6.07) is 14.7. The van der Waals surface area contributed by atoms with E-state index in [4.69, 9.17) is 0 Å². The number of carbonyl (C=O) groups is 2. The number of amides is 2. The lowest BCUT2D eigenvalue weighted by molar-refractivity contribution is 0.0926. The standard InChI is InChI=1S/C21H12Br2N4O2/c1-11-17-18-16(20(28)26(21(18)29)14-6-2-12(22)3-7-14)10-24-19(17)27(25-11)15-8-4-13(23)5-9-15/h2-10H,1H3. The Hall–Kier alpha value is -2.84. The Morgan fingerprint density at radius 1 is 0.828 bits per heavy atom. The zero-order valence-electron chi connectivity index (χ0n) is 15.1. The maximum absolute atomic E-state index is 13.3. The van der Waals surface area contributed by atoms with E-state index in [1.165, 1.54) is 11.1 Å². The molecule has 5 rings (SSSR count).